The molecule has 0 spiro atoms. The standard InChI is InChI=1S/C18H20N4O3/c1-13-15(5-4-6-16(13)22(24)25)18(23)20-12-14-7-8-17(19-11-14)21-9-2-3-10-21/h4-8,11H,2-3,9-10,12H2,1H3,(H,20,23). The number of aromatic nitrogens is 1. The Morgan fingerprint density at radius 3 is 2.68 bits per heavy atom. The Morgan fingerprint density at radius 2 is 2.04 bits per heavy atom. The molecule has 0 radical (unpaired) electrons. The summed E-state index contributed by atoms with van der Waals surface area (Å²) in [6.07, 6.45) is 4.15. The van der Waals surface area contributed by atoms with Crippen molar-refractivity contribution >= 4 is 17.4 Å². The molecule has 1 fully saturated rings. The lowest BCUT2D eigenvalue weighted by atomic mass is 10.1. The Bertz CT molecular complexity index is 783. The fourth-order valence-electron chi connectivity index (χ4n) is 3.00. The van der Waals surface area contributed by atoms with E-state index in [0.717, 1.165) is 24.5 Å². The van der Waals surface area contributed by atoms with Gasteiger partial charge in [-0.1, -0.05) is 12.1 Å². The highest BCUT2D eigenvalue weighted by Gasteiger charge is 2.18. The maximum atomic E-state index is 12.3. The molecule has 0 atom stereocenters. The minimum Gasteiger partial charge on any atom is -0.357 e. The normalized spacial score (nSPS) is 13.7. The number of nitro benzene ring substituents is 1. The second-order valence-electron chi connectivity index (χ2n) is 6.11. The number of anilines is 1. The van der Waals surface area contributed by atoms with E-state index < -0.39 is 4.92 Å². The Balaban J connectivity index is 1.64. The zero-order chi connectivity index (χ0) is 17.8. The Hall–Kier alpha value is -2.96. The van der Waals surface area contributed by atoms with E-state index in [-0.39, 0.29) is 11.6 Å². The van der Waals surface area contributed by atoms with Crippen molar-refractivity contribution in [3.8, 4) is 0 Å². The predicted molar refractivity (Wildman–Crippen MR) is 94.7 cm³/mol. The Labute approximate surface area is 145 Å². The van der Waals surface area contributed by atoms with Crippen LogP contribution in [0.5, 0.6) is 0 Å². The first-order valence-corrected chi connectivity index (χ1v) is 8.28. The largest absolute Gasteiger partial charge is 0.357 e. The molecule has 2 aromatic rings. The molecule has 1 aromatic heterocycles. The van der Waals surface area contributed by atoms with Crippen LogP contribution in [-0.4, -0.2) is 28.9 Å². The number of hydrogen-bond acceptors (Lipinski definition) is 5. The van der Waals surface area contributed by atoms with Crippen LogP contribution in [-0.2, 0) is 6.54 Å². The summed E-state index contributed by atoms with van der Waals surface area (Å²) in [6, 6.07) is 8.42. The third-order valence-corrected chi connectivity index (χ3v) is 4.44. The molecule has 2 heterocycles. The molecule has 0 bridgehead atoms. The lowest BCUT2D eigenvalue weighted by Gasteiger charge is -2.16. The molecule has 1 aliphatic heterocycles. The van der Waals surface area contributed by atoms with Gasteiger partial charge in [-0.05, 0) is 37.5 Å². The van der Waals surface area contributed by atoms with Gasteiger partial charge in [0.05, 0.1) is 4.92 Å². The number of carbonyl (C=O) groups excluding carboxylic acids is 1. The predicted octanol–water partition coefficient (Wildman–Crippen LogP) is 2.83. The van der Waals surface area contributed by atoms with Crippen LogP contribution in [0, 0.1) is 17.0 Å². The van der Waals surface area contributed by atoms with Gasteiger partial charge >= 0.3 is 0 Å². The minimum absolute atomic E-state index is 0.0516. The number of nitro groups is 1. The van der Waals surface area contributed by atoms with E-state index in [0.29, 0.717) is 17.7 Å². The van der Waals surface area contributed by atoms with Gasteiger partial charge in [0, 0.05) is 43.0 Å². The van der Waals surface area contributed by atoms with Gasteiger partial charge in [-0.3, -0.25) is 14.9 Å². The average Bonchev–Trinajstić information content (AvgIpc) is 3.14. The lowest BCUT2D eigenvalue weighted by Crippen LogP contribution is -2.24. The van der Waals surface area contributed by atoms with Gasteiger partial charge in [0.1, 0.15) is 5.82 Å². The highest BCUT2D eigenvalue weighted by Crippen LogP contribution is 2.21. The monoisotopic (exact) mass is 340 g/mol. The van der Waals surface area contributed by atoms with Crippen molar-refractivity contribution in [3.63, 3.8) is 0 Å². The smallest absolute Gasteiger partial charge is 0.273 e. The van der Waals surface area contributed by atoms with Gasteiger partial charge in [-0.15, -0.1) is 0 Å². The van der Waals surface area contributed by atoms with Crippen molar-refractivity contribution in [2.75, 3.05) is 18.0 Å². The maximum Gasteiger partial charge on any atom is 0.273 e. The molecule has 25 heavy (non-hydrogen) atoms. The highest BCUT2D eigenvalue weighted by molar-refractivity contribution is 5.96. The lowest BCUT2D eigenvalue weighted by molar-refractivity contribution is -0.385. The molecule has 0 unspecified atom stereocenters. The number of nitrogens with one attached hydrogen (secondary N) is 1. The molecule has 7 nitrogen and oxygen atoms in total. The molecule has 130 valence electrons. The molecular formula is C18H20N4O3. The Kier molecular flexibility index (Phi) is 4.92. The van der Waals surface area contributed by atoms with Crippen LogP contribution in [0.4, 0.5) is 11.5 Å². The summed E-state index contributed by atoms with van der Waals surface area (Å²) in [4.78, 5) is 29.5. The summed E-state index contributed by atoms with van der Waals surface area (Å²) in [5.41, 5.74) is 1.52. The molecule has 1 aliphatic rings. The molecule has 7 heteroatoms. The SMILES string of the molecule is Cc1c(C(=O)NCc2ccc(N3CCCC3)nc2)cccc1[N+](=O)[O-]. The van der Waals surface area contributed by atoms with Crippen molar-refractivity contribution in [1.82, 2.24) is 10.3 Å². The van der Waals surface area contributed by atoms with E-state index >= 15 is 0 Å². The summed E-state index contributed by atoms with van der Waals surface area (Å²) in [7, 11) is 0. The zero-order valence-electron chi connectivity index (χ0n) is 14.1. The van der Waals surface area contributed by atoms with Crippen LogP contribution < -0.4 is 10.2 Å². The van der Waals surface area contributed by atoms with Crippen LogP contribution >= 0.6 is 0 Å². The molecule has 3 rings (SSSR count). The number of nitrogens with zero attached hydrogens (tertiary/aromatic N) is 3. The van der Waals surface area contributed by atoms with Gasteiger partial charge < -0.3 is 10.2 Å². The number of benzene rings is 1. The molecule has 1 N–H and O–H groups in total. The van der Waals surface area contributed by atoms with E-state index in [2.05, 4.69) is 15.2 Å². The summed E-state index contributed by atoms with van der Waals surface area (Å²) < 4.78 is 0. The first-order chi connectivity index (χ1) is 12.1. The number of pyridine rings is 1. The summed E-state index contributed by atoms with van der Waals surface area (Å²) in [5, 5.41) is 13.8. The van der Waals surface area contributed by atoms with Crippen molar-refractivity contribution in [1.29, 1.82) is 0 Å². The molecule has 0 aliphatic carbocycles. The minimum atomic E-state index is -0.479. The van der Waals surface area contributed by atoms with Gasteiger partial charge in [0.25, 0.3) is 11.6 Å². The van der Waals surface area contributed by atoms with Crippen molar-refractivity contribution in [2.45, 2.75) is 26.3 Å². The van der Waals surface area contributed by atoms with Crippen LogP contribution in [0.15, 0.2) is 36.5 Å². The summed E-state index contributed by atoms with van der Waals surface area (Å²) in [6.45, 7) is 3.98. The van der Waals surface area contributed by atoms with Crippen molar-refractivity contribution < 1.29 is 9.72 Å². The van der Waals surface area contributed by atoms with Gasteiger partial charge in [-0.2, -0.15) is 0 Å². The van der Waals surface area contributed by atoms with Gasteiger partial charge in [-0.25, -0.2) is 4.98 Å². The molecule has 0 saturated carbocycles. The van der Waals surface area contributed by atoms with E-state index in [4.69, 9.17) is 0 Å². The number of rotatable bonds is 5. The van der Waals surface area contributed by atoms with Gasteiger partial charge in [0.2, 0.25) is 0 Å². The van der Waals surface area contributed by atoms with Crippen LogP contribution in [0.25, 0.3) is 0 Å². The first kappa shape index (κ1) is 16.9. The van der Waals surface area contributed by atoms with Crippen molar-refractivity contribution in [2.24, 2.45) is 0 Å². The van der Waals surface area contributed by atoms with Gasteiger partial charge in [0.15, 0.2) is 0 Å². The average molecular weight is 340 g/mol. The van der Waals surface area contributed by atoms with E-state index in [9.17, 15) is 14.9 Å². The van der Waals surface area contributed by atoms with Crippen LogP contribution in [0.1, 0.15) is 34.3 Å². The first-order valence-electron chi connectivity index (χ1n) is 8.28. The molecule has 1 amide bonds. The van der Waals surface area contributed by atoms with E-state index in [1.165, 1.54) is 25.0 Å². The molecule has 1 aromatic carbocycles. The van der Waals surface area contributed by atoms with E-state index in [1.807, 2.05) is 12.1 Å². The topological polar surface area (TPSA) is 88.4 Å². The highest BCUT2D eigenvalue weighted by atomic mass is 16.6. The number of hydrogen-bond donors (Lipinski definition) is 1. The maximum absolute atomic E-state index is 12.3. The molecular weight excluding hydrogens is 320 g/mol. The fourth-order valence-corrected chi connectivity index (χ4v) is 3.00. The molecule has 1 saturated heterocycles. The number of carbonyl (C=O) groups is 1. The van der Waals surface area contributed by atoms with E-state index in [1.54, 1.807) is 19.2 Å². The second kappa shape index (κ2) is 7.29. The zero-order valence-corrected chi connectivity index (χ0v) is 14.1. The summed E-state index contributed by atoms with van der Waals surface area (Å²) in [5.74, 6) is 0.631. The van der Waals surface area contributed by atoms with Crippen LogP contribution in [0.3, 0.4) is 0 Å². The van der Waals surface area contributed by atoms with Crippen LogP contribution in [0.2, 0.25) is 0 Å². The van der Waals surface area contributed by atoms with Crippen molar-refractivity contribution in [3.05, 3.63) is 63.3 Å². The quantitative estimate of drug-likeness (QED) is 0.668. The fraction of sp³-hybridized carbons (Fsp3) is 0.333. The second-order valence-corrected chi connectivity index (χ2v) is 6.11. The third kappa shape index (κ3) is 3.76. The third-order valence-electron chi connectivity index (χ3n) is 4.44. The number of amides is 1. The Morgan fingerprint density at radius 1 is 1.28 bits per heavy atom. The summed E-state index contributed by atoms with van der Waals surface area (Å²) >= 11 is 0.